The van der Waals surface area contributed by atoms with E-state index in [-0.39, 0.29) is 140 Å². The summed E-state index contributed by atoms with van der Waals surface area (Å²) in [5.74, 6) is -3.66. The van der Waals surface area contributed by atoms with Crippen molar-refractivity contribution < 1.29 is 97.8 Å². The second kappa shape index (κ2) is 45.6. The van der Waals surface area contributed by atoms with Crippen LogP contribution in [0.25, 0.3) is 31.6 Å². The monoisotopic (exact) mass is 1870 g/mol. The van der Waals surface area contributed by atoms with E-state index >= 15 is 0 Å². The second-order valence-electron chi connectivity index (χ2n) is 35.1. The van der Waals surface area contributed by atoms with Crippen LogP contribution in [0, 0.1) is 16.2 Å². The Labute approximate surface area is 747 Å². The summed E-state index contributed by atoms with van der Waals surface area (Å²) >= 11 is 5.63. The molecule has 4 amide bonds. The Morgan fingerprint density at radius 2 is 0.854 bits per heavy atom. The highest BCUT2D eigenvalue weighted by Crippen LogP contribution is 2.40. The highest BCUT2D eigenvalue weighted by atomic mass is 79.9. The number of aromatic carboxylic acids is 1. The number of benzene rings is 5. The number of amides is 4. The minimum atomic E-state index is -4.00. The molecule has 2 aliphatic carbocycles. The maximum atomic E-state index is 13.2. The number of thiazole rings is 2. The average molecular weight is 1870 g/mol. The molecule has 123 heavy (non-hydrogen) atoms. The van der Waals surface area contributed by atoms with Crippen LogP contribution in [0.1, 0.15) is 200 Å². The minimum Gasteiger partial charge on any atom is -0.478 e. The number of hydrogen-bond acceptors (Lipinski definition) is 25. The lowest BCUT2D eigenvalue weighted by atomic mass is 9.78. The molecule has 0 bridgehead atoms. The van der Waals surface area contributed by atoms with E-state index in [1.54, 1.807) is 63.8 Å². The lowest BCUT2D eigenvalue weighted by Crippen LogP contribution is -2.42. The number of ether oxygens (including phenoxy) is 5. The molecule has 36 heteroatoms. The zero-order valence-electron chi connectivity index (χ0n) is 74.1. The van der Waals surface area contributed by atoms with Gasteiger partial charge in [-0.15, -0.1) is 35.1 Å². The first-order valence-corrected chi connectivity index (χ1v) is 46.4. The number of halogens is 2. The number of fused-ring (bicyclic) bond motifs is 2. The highest BCUT2D eigenvalue weighted by Gasteiger charge is 2.53. The third kappa shape index (κ3) is 31.5. The van der Waals surface area contributed by atoms with E-state index in [0.717, 1.165) is 105 Å². The van der Waals surface area contributed by atoms with E-state index in [1.165, 1.54) is 14.2 Å². The lowest BCUT2D eigenvalue weighted by molar-refractivity contribution is -0.126. The third-order valence-corrected chi connectivity index (χ3v) is 28.2. The molecule has 4 aliphatic rings. The number of aromatic nitrogens is 2. The van der Waals surface area contributed by atoms with Crippen LogP contribution in [0.5, 0.6) is 0 Å². The molecule has 676 valence electrons. The maximum Gasteiger partial charge on any atom is 0.494 e. The number of carbonyl (C=O) groups is 7. The largest absolute Gasteiger partial charge is 0.494 e. The van der Waals surface area contributed by atoms with Crippen LogP contribution in [-0.4, -0.2) is 222 Å². The van der Waals surface area contributed by atoms with Crippen LogP contribution in [0.2, 0.25) is 0 Å². The summed E-state index contributed by atoms with van der Waals surface area (Å²) in [4.78, 5) is 94.7. The molecule has 7 N–H and O–H groups in total. The van der Waals surface area contributed by atoms with Crippen molar-refractivity contribution in [3.05, 3.63) is 140 Å². The van der Waals surface area contributed by atoms with Crippen LogP contribution >= 0.6 is 51.0 Å². The molecule has 11 rings (SSSR count). The first kappa shape index (κ1) is 105. The molecule has 5 aromatic carbocycles. The van der Waals surface area contributed by atoms with Gasteiger partial charge < -0.3 is 74.4 Å². The van der Waals surface area contributed by atoms with E-state index < -0.39 is 62.2 Å². The summed E-state index contributed by atoms with van der Waals surface area (Å²) < 4.78 is 103. The van der Waals surface area contributed by atoms with Gasteiger partial charge in [-0.3, -0.25) is 28.8 Å². The Balaban J connectivity index is 0.000000256. The summed E-state index contributed by atoms with van der Waals surface area (Å²) in [5, 5.41) is 16.5. The van der Waals surface area contributed by atoms with Crippen LogP contribution < -0.4 is 37.9 Å². The molecule has 4 heterocycles. The van der Waals surface area contributed by atoms with Crippen LogP contribution in [-0.2, 0) is 81.2 Å². The van der Waals surface area contributed by atoms with Gasteiger partial charge in [-0.1, -0.05) is 124 Å². The van der Waals surface area contributed by atoms with Crippen molar-refractivity contribution >= 4 is 157 Å². The number of methoxy groups -OCH3 is 5. The highest BCUT2D eigenvalue weighted by molar-refractivity contribution is 9.10. The molecule has 2 aromatic heterocycles. The van der Waals surface area contributed by atoms with E-state index in [9.17, 15) is 50.4 Å². The molecular weight excluding hydrogens is 1740 g/mol. The number of carbonyl (C=O) groups excluding carboxylic acids is 6. The normalized spacial score (nSPS) is 16.3. The predicted molar refractivity (Wildman–Crippen MR) is 489 cm³/mol. The molecule has 7 aromatic rings. The molecule has 4 fully saturated rings. The van der Waals surface area contributed by atoms with Gasteiger partial charge in [-0.2, -0.15) is 0 Å². The number of Topliss-reactive ketones (excluding diaryl/α,β-unsaturated/α-hetero) is 2. The van der Waals surface area contributed by atoms with Crippen molar-refractivity contribution in [2.45, 2.75) is 193 Å². The van der Waals surface area contributed by atoms with Gasteiger partial charge in [-0.25, -0.2) is 31.6 Å². The Hall–Kier alpha value is -7.03. The van der Waals surface area contributed by atoms with Crippen molar-refractivity contribution in [1.29, 1.82) is 0 Å². The average Bonchev–Trinajstić information content (AvgIpc) is 1.55. The van der Waals surface area contributed by atoms with Crippen molar-refractivity contribution in [2.75, 3.05) is 99.7 Å². The predicted octanol–water partition coefficient (Wildman–Crippen LogP) is 12.0. The summed E-state index contributed by atoms with van der Waals surface area (Å²) in [6, 6.07) is 32.7. The smallest absolute Gasteiger partial charge is 0.478 e. The van der Waals surface area contributed by atoms with E-state index in [2.05, 4.69) is 88.7 Å². The molecule has 0 spiro atoms. The Kier molecular flexibility index (Phi) is 38.8. The van der Waals surface area contributed by atoms with E-state index in [4.69, 9.17) is 53.1 Å². The molecule has 2 unspecified atom stereocenters. The number of nitrogens with two attached hydrogens (primary N) is 1. The number of hydrogen-bond donors (Lipinski definition) is 6. The van der Waals surface area contributed by atoms with E-state index in [0.29, 0.717) is 53.9 Å². The zero-order valence-corrected chi connectivity index (χ0v) is 79.8. The third-order valence-electron chi connectivity index (χ3n) is 21.5. The Morgan fingerprint density at radius 3 is 1.20 bits per heavy atom. The van der Waals surface area contributed by atoms with Gasteiger partial charge in [0.05, 0.1) is 106 Å². The van der Waals surface area contributed by atoms with Crippen LogP contribution in [0.15, 0.2) is 114 Å². The van der Waals surface area contributed by atoms with Gasteiger partial charge in [0.15, 0.2) is 41.7 Å². The van der Waals surface area contributed by atoms with Crippen molar-refractivity contribution in [2.24, 2.45) is 22.0 Å². The molecule has 2 saturated carbocycles. The number of ketones is 2. The topological polar surface area (TPSA) is 391 Å². The fraction of sp³-hybridized carbons (Fsp3) is 0.552. The number of sulfone groups is 2. The van der Waals surface area contributed by atoms with Crippen molar-refractivity contribution in [3.8, 4) is 11.1 Å². The van der Waals surface area contributed by atoms with Crippen molar-refractivity contribution in [1.82, 2.24) is 31.2 Å². The molecule has 2 aliphatic heterocycles. The number of nitrogens with one attached hydrogen (secondary N) is 4. The number of rotatable bonds is 37. The van der Waals surface area contributed by atoms with Crippen molar-refractivity contribution in [3.63, 3.8) is 0 Å². The standard InChI is InChI=1S/C31H39N3O7S2.C20H31BO4.C17H20BrN3O5S2.C13H17BO4.C6H15NO.ClH/c1-31(2,19-41-4)14-13-25(35)21-7-5-20(6-8-21)22-9-12-24-26(17-22)42-30(34-24)28(43(38,39)16-15-40-3)29(37)32-18-27(36)33-23-10-11-23;1-18(2,14-23-7)13-12-17(22)15-8-10-16(11-9-15)21-24-19(3,4)20(5,6)25-21;1-26-6-7-28(24,25)15(16(23)19-9-14(22)20-11-3-4-11)17-21-12-5-2-10(18)8-13(12)27-17;1-12(2)13(3,4)18-14(17-12)10-7-5-9(6-8-10)11(15)16;1-6(2,4-7)5-8-3;/h5-9,12,17,23,28H,10-11,13-16,18-19H2,1-4H3,(H,32,37)(H,33,36);8-11H,12-14H2,1-7H3;2,5,8,11,15H,3-4,6-7,9H2,1H3,(H,19,23)(H,20,22);5-8H,1-4H3,(H,15,16);4-5,7H2,1-3H3;1H. The van der Waals surface area contributed by atoms with Gasteiger partial charge in [0.1, 0.15) is 10.0 Å². The SMILES string of the molecule is CC1(C)OB(c2ccc(C(=O)O)cc2)OC1(C)C.COCC(C)(C)CCC(=O)c1ccc(B2OC(C)(C)C(C)(C)O2)cc1.COCC(C)(C)CN.COCCS(=O)(=O)C(C(=O)NCC(=O)NC1CC1)c1nc2ccc(-c3ccc(C(=O)CCC(C)(C)COC)cc3)cc2s1.COCCS(=O)(=O)C(C(=O)NCC(=O)NC1CC1)c1nc2ccc(Br)cc2s1.Cl. The van der Waals surface area contributed by atoms with Gasteiger partial charge in [0.2, 0.25) is 23.6 Å². The Morgan fingerprint density at radius 1 is 0.512 bits per heavy atom. The van der Waals surface area contributed by atoms with E-state index in [1.807, 2.05) is 122 Å². The first-order chi connectivity index (χ1) is 57.0. The second-order valence-corrected chi connectivity index (χ2v) is 42.6. The zero-order chi connectivity index (χ0) is 90.6. The molecule has 0 radical (unpaired) electrons. The van der Waals surface area contributed by atoms with Gasteiger partial charge >= 0.3 is 20.2 Å². The molecule has 28 nitrogen and oxygen atoms in total. The van der Waals surface area contributed by atoms with Crippen LogP contribution in [0.3, 0.4) is 0 Å². The summed E-state index contributed by atoms with van der Waals surface area (Å²) in [7, 11) is -0.901. The Bertz CT molecular complexity index is 4920. The lowest BCUT2D eigenvalue weighted by Gasteiger charge is -2.32. The molecule has 2 atom stereocenters. The fourth-order valence-electron chi connectivity index (χ4n) is 12.3. The number of nitrogens with zero attached hydrogens (tertiary/aromatic N) is 2. The number of carboxylic acid groups (broad SMARTS) is 1. The first-order valence-electron chi connectivity index (χ1n) is 40.5. The summed E-state index contributed by atoms with van der Waals surface area (Å²) in [6.07, 6.45) is 6.13. The van der Waals surface area contributed by atoms with Crippen LogP contribution in [0.4, 0.5) is 0 Å². The maximum absolute atomic E-state index is 13.2. The molecular formula is C87H123B2BrClN7O21S4. The van der Waals surface area contributed by atoms with Gasteiger partial charge in [-0.05, 0) is 176 Å². The van der Waals surface area contributed by atoms with Gasteiger partial charge in [0.25, 0.3) is 0 Å². The fourth-order valence-corrected chi connectivity index (χ4v) is 18.7. The van der Waals surface area contributed by atoms with Gasteiger partial charge in [0, 0.05) is 81.5 Å². The summed E-state index contributed by atoms with van der Waals surface area (Å²) in [5.41, 5.74) is 10.3. The quantitative estimate of drug-likeness (QED) is 0.0156. The number of carboxylic acids is 1. The summed E-state index contributed by atoms with van der Waals surface area (Å²) in [6.45, 7) is 30.6. The minimum absolute atomic E-state index is 0. The molecule has 2 saturated heterocycles.